The summed E-state index contributed by atoms with van der Waals surface area (Å²) in [6.45, 7) is 1.45. The summed E-state index contributed by atoms with van der Waals surface area (Å²) in [5.74, 6) is 0.189. The van der Waals surface area contributed by atoms with Crippen LogP contribution in [0.3, 0.4) is 0 Å². The third-order valence-corrected chi connectivity index (χ3v) is 5.57. The van der Waals surface area contributed by atoms with Crippen molar-refractivity contribution >= 4 is 82.1 Å². The molecule has 3 rings (SSSR count). The van der Waals surface area contributed by atoms with E-state index < -0.39 is 0 Å². The van der Waals surface area contributed by atoms with Crippen molar-refractivity contribution in [1.29, 1.82) is 0 Å². The molecule has 2 aromatic carbocycles. The number of thiazole rings is 1. The molecule has 0 bridgehead atoms. The van der Waals surface area contributed by atoms with Crippen LogP contribution in [0.25, 0.3) is 16.3 Å². The molecular weight excluding hydrogens is 510 g/mol. The van der Waals surface area contributed by atoms with Crippen molar-refractivity contribution in [2.24, 2.45) is 0 Å². The molecule has 2 amide bonds. The minimum atomic E-state index is -0.306. The van der Waals surface area contributed by atoms with Crippen molar-refractivity contribution in [2.45, 2.75) is 6.92 Å². The van der Waals surface area contributed by atoms with Crippen molar-refractivity contribution in [3.8, 4) is 5.75 Å². The number of halogens is 2. The van der Waals surface area contributed by atoms with Crippen LogP contribution in [0.2, 0.25) is 0 Å². The van der Waals surface area contributed by atoms with Crippen molar-refractivity contribution in [3.63, 3.8) is 0 Å². The van der Waals surface area contributed by atoms with Crippen molar-refractivity contribution < 1.29 is 14.3 Å². The topological polar surface area (TPSA) is 80.3 Å². The van der Waals surface area contributed by atoms with Crippen LogP contribution in [0.1, 0.15) is 12.5 Å². The number of anilines is 2. The van der Waals surface area contributed by atoms with E-state index in [2.05, 4.69) is 47.5 Å². The molecule has 0 aliphatic rings. The van der Waals surface area contributed by atoms with Gasteiger partial charge in [0, 0.05) is 28.7 Å². The number of hydrogen-bond donors (Lipinski definition) is 2. The number of methoxy groups -OCH3 is 1. The lowest BCUT2D eigenvalue weighted by Crippen LogP contribution is -2.07. The minimum Gasteiger partial charge on any atom is -0.495 e. The summed E-state index contributed by atoms with van der Waals surface area (Å²) in [5, 5.41) is 5.96. The van der Waals surface area contributed by atoms with E-state index in [0.717, 1.165) is 24.7 Å². The van der Waals surface area contributed by atoms with E-state index in [1.165, 1.54) is 24.3 Å². The van der Waals surface area contributed by atoms with Crippen LogP contribution < -0.4 is 15.4 Å². The maximum Gasteiger partial charge on any atom is 0.250 e. The Morgan fingerprint density at radius 2 is 1.96 bits per heavy atom. The summed E-state index contributed by atoms with van der Waals surface area (Å²) >= 11 is 8.19. The molecule has 0 unspecified atom stereocenters. The first-order valence-corrected chi connectivity index (χ1v) is 10.5. The van der Waals surface area contributed by atoms with Gasteiger partial charge in [0.15, 0.2) is 5.13 Å². The Labute approximate surface area is 182 Å². The van der Waals surface area contributed by atoms with Crippen LogP contribution in [-0.4, -0.2) is 23.9 Å². The first kappa shape index (κ1) is 20.5. The van der Waals surface area contributed by atoms with Gasteiger partial charge in [-0.25, -0.2) is 4.98 Å². The highest BCUT2D eigenvalue weighted by Gasteiger charge is 2.09. The van der Waals surface area contributed by atoms with Gasteiger partial charge in [0.1, 0.15) is 5.75 Å². The molecule has 0 aliphatic carbocycles. The number of amides is 2. The van der Waals surface area contributed by atoms with Crippen molar-refractivity contribution in [1.82, 2.24) is 4.98 Å². The number of carbonyl (C=O) groups is 2. The van der Waals surface area contributed by atoms with E-state index in [-0.39, 0.29) is 11.8 Å². The molecule has 0 aliphatic heterocycles. The number of hydrogen-bond acceptors (Lipinski definition) is 5. The summed E-state index contributed by atoms with van der Waals surface area (Å²) in [6, 6.07) is 9.11. The maximum absolute atomic E-state index is 12.3. The zero-order chi connectivity index (χ0) is 20.3. The SMILES string of the molecule is COc1c(Br)cc(Br)cc1/C=C/C(=O)Nc1nc2ccc(NC(C)=O)cc2s1. The van der Waals surface area contributed by atoms with Crippen LogP contribution in [0.4, 0.5) is 10.8 Å². The zero-order valence-corrected chi connectivity index (χ0v) is 18.9. The number of nitrogens with one attached hydrogen (secondary N) is 2. The molecular formula is C19H15Br2N3O3S. The van der Waals surface area contributed by atoms with Gasteiger partial charge in [0.2, 0.25) is 11.8 Å². The van der Waals surface area contributed by atoms with Crippen LogP contribution in [-0.2, 0) is 9.59 Å². The Bertz CT molecular complexity index is 1100. The highest BCUT2D eigenvalue weighted by atomic mass is 79.9. The van der Waals surface area contributed by atoms with E-state index in [1.54, 1.807) is 25.3 Å². The monoisotopic (exact) mass is 523 g/mol. The zero-order valence-electron chi connectivity index (χ0n) is 14.9. The molecule has 0 radical (unpaired) electrons. The number of carbonyl (C=O) groups excluding carboxylic acids is 2. The van der Waals surface area contributed by atoms with Gasteiger partial charge < -0.3 is 10.1 Å². The molecule has 2 N–H and O–H groups in total. The molecule has 3 aromatic rings. The lowest BCUT2D eigenvalue weighted by atomic mass is 10.2. The third kappa shape index (κ3) is 4.98. The Hall–Kier alpha value is -2.23. The normalized spacial score (nSPS) is 11.0. The van der Waals surface area contributed by atoms with Gasteiger partial charge in [-0.15, -0.1) is 0 Å². The Morgan fingerprint density at radius 3 is 2.68 bits per heavy atom. The number of ether oxygens (including phenoxy) is 1. The van der Waals surface area contributed by atoms with E-state index >= 15 is 0 Å². The van der Waals surface area contributed by atoms with Gasteiger partial charge in [-0.1, -0.05) is 27.3 Å². The Balaban J connectivity index is 1.76. The summed E-state index contributed by atoms with van der Waals surface area (Å²) in [4.78, 5) is 27.9. The fraction of sp³-hybridized carbons (Fsp3) is 0.105. The molecule has 0 fully saturated rings. The molecule has 0 atom stereocenters. The molecule has 0 saturated carbocycles. The van der Waals surface area contributed by atoms with Crippen molar-refractivity contribution in [3.05, 3.63) is 50.9 Å². The second kappa shape index (κ2) is 8.85. The van der Waals surface area contributed by atoms with Gasteiger partial charge in [-0.2, -0.15) is 0 Å². The quantitative estimate of drug-likeness (QED) is 0.435. The van der Waals surface area contributed by atoms with Gasteiger partial charge in [0.05, 0.1) is 21.8 Å². The average molecular weight is 525 g/mol. The fourth-order valence-corrected chi connectivity index (χ4v) is 4.82. The van der Waals surface area contributed by atoms with E-state index in [1.807, 2.05) is 18.2 Å². The van der Waals surface area contributed by atoms with Crippen LogP contribution in [0.15, 0.2) is 45.4 Å². The summed E-state index contributed by atoms with van der Waals surface area (Å²) in [7, 11) is 1.57. The smallest absolute Gasteiger partial charge is 0.250 e. The van der Waals surface area contributed by atoms with Crippen LogP contribution in [0, 0.1) is 0 Å². The van der Waals surface area contributed by atoms with Crippen LogP contribution in [0.5, 0.6) is 5.75 Å². The first-order valence-electron chi connectivity index (χ1n) is 8.06. The standard InChI is InChI=1S/C19H15Br2N3O3S/c1-10(25)22-13-4-5-15-16(9-13)28-19(23-15)24-17(26)6-3-11-7-12(20)8-14(21)18(11)27-2/h3-9H,1-2H3,(H,22,25)(H,23,24,26)/b6-3+. The number of aromatic nitrogens is 1. The van der Waals surface area contributed by atoms with Gasteiger partial charge in [0.25, 0.3) is 0 Å². The van der Waals surface area contributed by atoms with Gasteiger partial charge in [-0.05, 0) is 52.3 Å². The largest absolute Gasteiger partial charge is 0.495 e. The van der Waals surface area contributed by atoms with Gasteiger partial charge in [-0.3, -0.25) is 14.9 Å². The molecule has 0 spiro atoms. The van der Waals surface area contributed by atoms with E-state index in [9.17, 15) is 9.59 Å². The predicted octanol–water partition coefficient (Wildman–Crippen LogP) is 5.44. The highest BCUT2D eigenvalue weighted by Crippen LogP contribution is 2.33. The second-order valence-corrected chi connectivity index (χ2v) is 8.52. The molecule has 0 saturated heterocycles. The van der Waals surface area contributed by atoms with Gasteiger partial charge >= 0.3 is 0 Å². The number of nitrogens with zero attached hydrogens (tertiary/aromatic N) is 1. The molecule has 6 nitrogen and oxygen atoms in total. The molecule has 1 aromatic heterocycles. The van der Waals surface area contributed by atoms with E-state index in [4.69, 9.17) is 4.74 Å². The number of fused-ring (bicyclic) bond motifs is 1. The minimum absolute atomic E-state index is 0.142. The average Bonchev–Trinajstić information content (AvgIpc) is 3.00. The third-order valence-electron chi connectivity index (χ3n) is 3.59. The molecule has 9 heteroatoms. The van der Waals surface area contributed by atoms with E-state index in [0.29, 0.717) is 16.6 Å². The second-order valence-electron chi connectivity index (χ2n) is 5.72. The summed E-state index contributed by atoms with van der Waals surface area (Å²) < 4.78 is 7.88. The lowest BCUT2D eigenvalue weighted by Gasteiger charge is -2.08. The summed E-state index contributed by atoms with van der Waals surface area (Å²) in [6.07, 6.45) is 3.09. The molecule has 1 heterocycles. The first-order chi connectivity index (χ1) is 13.4. The predicted molar refractivity (Wildman–Crippen MR) is 120 cm³/mol. The summed E-state index contributed by atoms with van der Waals surface area (Å²) in [5.41, 5.74) is 2.19. The molecule has 144 valence electrons. The Morgan fingerprint density at radius 1 is 1.18 bits per heavy atom. The maximum atomic E-state index is 12.3. The van der Waals surface area contributed by atoms with Crippen molar-refractivity contribution in [2.75, 3.05) is 17.7 Å². The lowest BCUT2D eigenvalue weighted by molar-refractivity contribution is -0.114. The van der Waals surface area contributed by atoms with Crippen LogP contribution >= 0.6 is 43.2 Å². The Kier molecular flexibility index (Phi) is 6.48. The number of rotatable bonds is 5. The highest BCUT2D eigenvalue weighted by molar-refractivity contribution is 9.11. The number of benzene rings is 2. The molecule has 28 heavy (non-hydrogen) atoms. The fourth-order valence-electron chi connectivity index (χ4n) is 2.49.